The van der Waals surface area contributed by atoms with Gasteiger partial charge in [-0.3, -0.25) is 9.59 Å². The quantitative estimate of drug-likeness (QED) is 0.622. The number of amides is 2. The van der Waals surface area contributed by atoms with Crippen LogP contribution in [0.4, 0.5) is 5.69 Å². The number of carbonyl (C=O) groups is 2. The van der Waals surface area contributed by atoms with Gasteiger partial charge < -0.3 is 15.0 Å². The minimum absolute atomic E-state index is 0.00294. The number of benzene rings is 2. The van der Waals surface area contributed by atoms with Gasteiger partial charge in [-0.15, -0.1) is 11.3 Å². The van der Waals surface area contributed by atoms with Crippen LogP contribution in [0.1, 0.15) is 37.5 Å². The van der Waals surface area contributed by atoms with Crippen LogP contribution in [0.15, 0.2) is 47.8 Å². The molecule has 1 N–H and O–H groups in total. The predicted molar refractivity (Wildman–Crippen MR) is 124 cm³/mol. The average molecular weight is 435 g/mol. The van der Waals surface area contributed by atoms with Gasteiger partial charge in [0, 0.05) is 29.2 Å². The standard InChI is InChI=1S/C25H26N2O3S/c1-16-7-8-20(13-17(16)2)30-15-24(28)26-22-6-4-5-21(18(22)3)25(29)27-11-9-23-19(14-27)10-12-31-23/h4-8,10,12-13H,9,11,14-15H2,1-3H3,(H,26,28). The summed E-state index contributed by atoms with van der Waals surface area (Å²) in [5.41, 5.74) is 5.54. The van der Waals surface area contributed by atoms with E-state index in [0.717, 1.165) is 17.5 Å². The SMILES string of the molecule is Cc1ccc(OCC(=O)Nc2cccc(C(=O)N3CCc4sccc4C3)c2C)cc1C. The van der Waals surface area contributed by atoms with Gasteiger partial charge in [0.2, 0.25) is 0 Å². The number of ether oxygens (including phenoxy) is 1. The van der Waals surface area contributed by atoms with E-state index < -0.39 is 0 Å². The summed E-state index contributed by atoms with van der Waals surface area (Å²) in [4.78, 5) is 28.8. The summed E-state index contributed by atoms with van der Waals surface area (Å²) in [6.45, 7) is 7.17. The van der Waals surface area contributed by atoms with Crippen molar-refractivity contribution < 1.29 is 14.3 Å². The molecule has 0 saturated carbocycles. The van der Waals surface area contributed by atoms with E-state index in [4.69, 9.17) is 4.74 Å². The molecule has 5 nitrogen and oxygen atoms in total. The highest BCUT2D eigenvalue weighted by Gasteiger charge is 2.24. The van der Waals surface area contributed by atoms with Crippen LogP contribution in [-0.4, -0.2) is 29.9 Å². The second-order valence-electron chi connectivity index (χ2n) is 7.91. The molecule has 0 saturated heterocycles. The number of carbonyl (C=O) groups excluding carboxylic acids is 2. The summed E-state index contributed by atoms with van der Waals surface area (Å²) in [5, 5.41) is 4.97. The molecular formula is C25H26N2O3S. The second kappa shape index (κ2) is 8.94. The number of hydrogen-bond acceptors (Lipinski definition) is 4. The van der Waals surface area contributed by atoms with E-state index >= 15 is 0 Å². The number of nitrogens with one attached hydrogen (secondary N) is 1. The normalized spacial score (nSPS) is 12.9. The average Bonchev–Trinajstić information content (AvgIpc) is 3.23. The molecule has 3 aromatic rings. The van der Waals surface area contributed by atoms with Gasteiger partial charge in [-0.2, -0.15) is 0 Å². The largest absolute Gasteiger partial charge is 0.484 e. The fourth-order valence-electron chi connectivity index (χ4n) is 3.73. The molecule has 2 aromatic carbocycles. The van der Waals surface area contributed by atoms with E-state index in [-0.39, 0.29) is 18.4 Å². The van der Waals surface area contributed by atoms with Gasteiger partial charge in [-0.25, -0.2) is 0 Å². The summed E-state index contributed by atoms with van der Waals surface area (Å²) in [6.07, 6.45) is 0.893. The van der Waals surface area contributed by atoms with Crippen molar-refractivity contribution in [1.82, 2.24) is 4.90 Å². The fourth-order valence-corrected chi connectivity index (χ4v) is 4.62. The monoisotopic (exact) mass is 434 g/mol. The molecule has 0 fully saturated rings. The van der Waals surface area contributed by atoms with Gasteiger partial charge in [0.15, 0.2) is 6.61 Å². The lowest BCUT2D eigenvalue weighted by Crippen LogP contribution is -2.35. The van der Waals surface area contributed by atoms with E-state index in [1.54, 1.807) is 17.4 Å². The van der Waals surface area contributed by atoms with Crippen molar-refractivity contribution in [3.05, 3.63) is 80.5 Å². The third-order valence-electron chi connectivity index (χ3n) is 5.78. The molecule has 4 rings (SSSR count). The number of hydrogen-bond donors (Lipinski definition) is 1. The molecule has 2 heterocycles. The summed E-state index contributed by atoms with van der Waals surface area (Å²) in [6, 6.07) is 13.3. The Hall–Kier alpha value is -3.12. The van der Waals surface area contributed by atoms with Crippen molar-refractivity contribution in [1.29, 1.82) is 0 Å². The van der Waals surface area contributed by atoms with Gasteiger partial charge in [-0.1, -0.05) is 12.1 Å². The third kappa shape index (κ3) is 4.64. The van der Waals surface area contributed by atoms with Gasteiger partial charge >= 0.3 is 0 Å². The second-order valence-corrected chi connectivity index (χ2v) is 8.91. The Morgan fingerprint density at radius 3 is 2.74 bits per heavy atom. The Balaban J connectivity index is 1.41. The first kappa shape index (κ1) is 21.1. The van der Waals surface area contributed by atoms with Crippen LogP contribution in [0.3, 0.4) is 0 Å². The zero-order valence-corrected chi connectivity index (χ0v) is 18.8. The van der Waals surface area contributed by atoms with Crippen LogP contribution >= 0.6 is 11.3 Å². The maximum Gasteiger partial charge on any atom is 0.262 e. The van der Waals surface area contributed by atoms with Gasteiger partial charge in [0.25, 0.3) is 11.8 Å². The summed E-state index contributed by atoms with van der Waals surface area (Å²) in [7, 11) is 0. The number of rotatable bonds is 5. The summed E-state index contributed by atoms with van der Waals surface area (Å²) >= 11 is 1.75. The smallest absolute Gasteiger partial charge is 0.262 e. The molecule has 0 atom stereocenters. The Labute approximate surface area is 186 Å². The van der Waals surface area contributed by atoms with Crippen molar-refractivity contribution in [2.75, 3.05) is 18.5 Å². The van der Waals surface area contributed by atoms with Crippen LogP contribution in [0.5, 0.6) is 5.75 Å². The minimum Gasteiger partial charge on any atom is -0.484 e. The molecule has 1 aliphatic rings. The lowest BCUT2D eigenvalue weighted by atomic mass is 10.0. The van der Waals surface area contributed by atoms with Crippen molar-refractivity contribution >= 4 is 28.8 Å². The lowest BCUT2D eigenvalue weighted by Gasteiger charge is -2.28. The zero-order valence-electron chi connectivity index (χ0n) is 18.0. The van der Waals surface area contributed by atoms with Crippen LogP contribution in [0, 0.1) is 20.8 Å². The Morgan fingerprint density at radius 1 is 1.10 bits per heavy atom. The molecule has 0 radical (unpaired) electrons. The molecule has 160 valence electrons. The van der Waals surface area contributed by atoms with Crippen molar-refractivity contribution in [3.63, 3.8) is 0 Å². The number of thiophene rings is 1. The maximum absolute atomic E-state index is 13.2. The maximum atomic E-state index is 13.2. The van der Waals surface area contributed by atoms with Crippen molar-refractivity contribution in [2.24, 2.45) is 0 Å². The highest BCUT2D eigenvalue weighted by Crippen LogP contribution is 2.27. The number of anilines is 1. The number of fused-ring (bicyclic) bond motifs is 1. The van der Waals surface area contributed by atoms with E-state index in [1.165, 1.54) is 16.0 Å². The first-order chi connectivity index (χ1) is 14.9. The summed E-state index contributed by atoms with van der Waals surface area (Å²) in [5.74, 6) is 0.403. The molecule has 6 heteroatoms. The number of aryl methyl sites for hydroxylation is 2. The third-order valence-corrected chi connectivity index (χ3v) is 6.80. The highest BCUT2D eigenvalue weighted by atomic mass is 32.1. The summed E-state index contributed by atoms with van der Waals surface area (Å²) < 4.78 is 5.63. The van der Waals surface area contributed by atoms with E-state index in [9.17, 15) is 9.59 Å². The van der Waals surface area contributed by atoms with E-state index in [2.05, 4.69) is 16.8 Å². The first-order valence-corrected chi connectivity index (χ1v) is 11.2. The van der Waals surface area contributed by atoms with E-state index in [0.29, 0.717) is 30.1 Å². The first-order valence-electron chi connectivity index (χ1n) is 10.4. The highest BCUT2D eigenvalue weighted by molar-refractivity contribution is 7.10. The van der Waals surface area contributed by atoms with E-state index in [1.807, 2.05) is 56.0 Å². The van der Waals surface area contributed by atoms with Crippen molar-refractivity contribution in [3.8, 4) is 5.75 Å². The number of nitrogens with zero attached hydrogens (tertiary/aromatic N) is 1. The van der Waals surface area contributed by atoms with Crippen LogP contribution in [0.25, 0.3) is 0 Å². The molecule has 0 aliphatic carbocycles. The minimum atomic E-state index is -0.258. The van der Waals surface area contributed by atoms with Crippen LogP contribution in [0.2, 0.25) is 0 Å². The molecule has 1 aliphatic heterocycles. The lowest BCUT2D eigenvalue weighted by molar-refractivity contribution is -0.118. The fraction of sp³-hybridized carbons (Fsp3) is 0.280. The Kier molecular flexibility index (Phi) is 6.09. The molecule has 0 spiro atoms. The van der Waals surface area contributed by atoms with Gasteiger partial charge in [-0.05, 0) is 85.2 Å². The molecule has 0 unspecified atom stereocenters. The molecule has 2 amide bonds. The Morgan fingerprint density at radius 2 is 1.94 bits per heavy atom. The Bertz CT molecular complexity index is 1140. The van der Waals surface area contributed by atoms with Gasteiger partial charge in [0.05, 0.1) is 0 Å². The van der Waals surface area contributed by atoms with Gasteiger partial charge in [0.1, 0.15) is 5.75 Å². The molecule has 31 heavy (non-hydrogen) atoms. The topological polar surface area (TPSA) is 58.6 Å². The molecule has 0 bridgehead atoms. The van der Waals surface area contributed by atoms with Crippen LogP contribution in [-0.2, 0) is 17.8 Å². The van der Waals surface area contributed by atoms with Crippen LogP contribution < -0.4 is 10.1 Å². The predicted octanol–water partition coefficient (Wildman–Crippen LogP) is 4.89. The molecular weight excluding hydrogens is 408 g/mol. The zero-order chi connectivity index (χ0) is 22.0. The van der Waals surface area contributed by atoms with Crippen molar-refractivity contribution in [2.45, 2.75) is 33.7 Å². The molecule has 1 aromatic heterocycles.